The van der Waals surface area contributed by atoms with Crippen LogP contribution in [0.15, 0.2) is 60.9 Å². The molecule has 3 rings (SSSR count). The monoisotopic (exact) mass is 421 g/mol. The number of hydrogen-bond donors (Lipinski definition) is 4. The van der Waals surface area contributed by atoms with Crippen LogP contribution in [-0.2, 0) is 16.1 Å². The fourth-order valence-electron chi connectivity index (χ4n) is 3.24. The van der Waals surface area contributed by atoms with Crippen LogP contribution in [0.3, 0.4) is 0 Å². The van der Waals surface area contributed by atoms with E-state index in [9.17, 15) is 9.90 Å². The number of rotatable bonds is 7. The number of pyridine rings is 1. The van der Waals surface area contributed by atoms with Gasteiger partial charge in [-0.3, -0.25) is 15.1 Å². The van der Waals surface area contributed by atoms with Crippen LogP contribution in [-0.4, -0.2) is 53.0 Å². The quantitative estimate of drug-likeness (QED) is 0.235. The van der Waals surface area contributed by atoms with Crippen LogP contribution < -0.4 is 10.6 Å². The summed E-state index contributed by atoms with van der Waals surface area (Å²) in [6.45, 7) is 8.83. The number of benzene rings is 1. The minimum atomic E-state index is -0.284. The predicted molar refractivity (Wildman–Crippen MR) is 122 cm³/mol. The van der Waals surface area contributed by atoms with Gasteiger partial charge in [0.1, 0.15) is 11.7 Å². The maximum absolute atomic E-state index is 11.6. The molecule has 162 valence electrons. The van der Waals surface area contributed by atoms with E-state index in [1.807, 2.05) is 30.3 Å². The smallest absolute Gasteiger partial charge is 0.247 e. The van der Waals surface area contributed by atoms with Gasteiger partial charge in [0.05, 0.1) is 24.7 Å². The fourth-order valence-corrected chi connectivity index (χ4v) is 3.24. The number of aromatic nitrogens is 1. The van der Waals surface area contributed by atoms with Crippen LogP contribution in [0.4, 0.5) is 11.5 Å². The maximum Gasteiger partial charge on any atom is 0.247 e. The van der Waals surface area contributed by atoms with Gasteiger partial charge in [0.15, 0.2) is 0 Å². The topological polar surface area (TPSA) is 111 Å². The van der Waals surface area contributed by atoms with Crippen molar-refractivity contribution in [2.24, 2.45) is 0 Å². The molecule has 2 heterocycles. The lowest BCUT2D eigenvalue weighted by molar-refractivity contribution is -0.111. The predicted octanol–water partition coefficient (Wildman–Crippen LogP) is 3.56. The van der Waals surface area contributed by atoms with Crippen molar-refractivity contribution in [2.45, 2.75) is 13.5 Å². The molecule has 31 heavy (non-hydrogen) atoms. The summed E-state index contributed by atoms with van der Waals surface area (Å²) < 4.78 is 5.43. The number of carbonyl (C=O) groups is 1. The number of morpholine rings is 1. The number of carbonyl (C=O) groups excluding carboxylic acids is 1. The fraction of sp³-hybridized carbons (Fsp3) is 0.261. The minimum Gasteiger partial charge on any atom is -0.512 e. The first kappa shape index (κ1) is 22.2. The first-order chi connectivity index (χ1) is 14.9. The lowest BCUT2D eigenvalue weighted by Crippen LogP contribution is -2.35. The van der Waals surface area contributed by atoms with Gasteiger partial charge in [-0.05, 0) is 42.8 Å². The molecule has 1 fully saturated rings. The third kappa shape index (κ3) is 6.77. The lowest BCUT2D eigenvalue weighted by atomic mass is 10.1. The number of nitrogens with one attached hydrogen (secondary N) is 3. The summed E-state index contributed by atoms with van der Waals surface area (Å²) in [6.07, 6.45) is 2.54. The molecule has 0 unspecified atom stereocenters. The highest BCUT2D eigenvalue weighted by atomic mass is 16.5. The Kier molecular flexibility index (Phi) is 7.53. The molecule has 8 nitrogen and oxygen atoms in total. The van der Waals surface area contributed by atoms with E-state index in [1.54, 1.807) is 6.07 Å². The van der Waals surface area contributed by atoms with E-state index < -0.39 is 0 Å². The molecule has 1 aromatic heterocycles. The van der Waals surface area contributed by atoms with Gasteiger partial charge in [-0.15, -0.1) is 0 Å². The van der Waals surface area contributed by atoms with E-state index in [4.69, 9.17) is 10.1 Å². The number of amidine groups is 1. The molecule has 8 heteroatoms. The van der Waals surface area contributed by atoms with Crippen LogP contribution in [0.25, 0.3) is 11.3 Å². The average molecular weight is 422 g/mol. The summed E-state index contributed by atoms with van der Waals surface area (Å²) in [7, 11) is 0. The van der Waals surface area contributed by atoms with Crippen molar-refractivity contribution in [1.29, 1.82) is 5.41 Å². The highest BCUT2D eigenvalue weighted by Gasteiger charge is 2.13. The second-order valence-corrected chi connectivity index (χ2v) is 7.23. The van der Waals surface area contributed by atoms with Crippen molar-refractivity contribution in [1.82, 2.24) is 9.88 Å². The molecule has 0 spiro atoms. The van der Waals surface area contributed by atoms with Crippen LogP contribution in [0.1, 0.15) is 12.5 Å². The maximum atomic E-state index is 11.6. The number of allylic oxidation sites excluding steroid dienone is 1. The second kappa shape index (κ2) is 10.5. The normalized spacial score (nSPS) is 14.7. The highest BCUT2D eigenvalue weighted by molar-refractivity contribution is 6.01. The number of aliphatic hydroxyl groups excluding tert-OH is 1. The minimum absolute atomic E-state index is 0.0351. The zero-order valence-corrected chi connectivity index (χ0v) is 17.5. The molecule has 0 saturated carbocycles. The molecule has 1 aromatic carbocycles. The molecule has 1 aliphatic heterocycles. The standard InChI is InChI=1S/C23H27N5O3/c1-3-23(30)25-19-6-4-5-18(14-19)20-12-17(15-28-7-9-31-10-8-28)13-22(26-20)27-21(24)11-16(2)29/h3-6,11-14,29H,1,7-10,15H2,2H3,(H,25,30)(H2,24,26,27)/b16-11-. The summed E-state index contributed by atoms with van der Waals surface area (Å²) >= 11 is 0. The zero-order valence-electron chi connectivity index (χ0n) is 17.5. The van der Waals surface area contributed by atoms with Crippen LogP contribution in [0.5, 0.6) is 0 Å². The molecule has 1 amide bonds. The Balaban J connectivity index is 1.92. The molecule has 0 radical (unpaired) electrons. The summed E-state index contributed by atoms with van der Waals surface area (Å²) in [5, 5.41) is 23.1. The highest BCUT2D eigenvalue weighted by Crippen LogP contribution is 2.25. The molecule has 0 atom stereocenters. The van der Waals surface area contributed by atoms with Gasteiger partial charge >= 0.3 is 0 Å². The van der Waals surface area contributed by atoms with E-state index in [0.717, 1.165) is 30.8 Å². The Morgan fingerprint density at radius 2 is 2.06 bits per heavy atom. The Morgan fingerprint density at radius 1 is 1.29 bits per heavy atom. The van der Waals surface area contributed by atoms with Crippen molar-refractivity contribution >= 4 is 23.2 Å². The summed E-state index contributed by atoms with van der Waals surface area (Å²) in [5.41, 5.74) is 3.21. The third-order valence-corrected chi connectivity index (χ3v) is 4.62. The van der Waals surface area contributed by atoms with Gasteiger partial charge in [0.2, 0.25) is 5.91 Å². The van der Waals surface area contributed by atoms with Crippen LogP contribution in [0, 0.1) is 5.41 Å². The van der Waals surface area contributed by atoms with Crippen LogP contribution in [0.2, 0.25) is 0 Å². The number of hydrogen-bond acceptors (Lipinski definition) is 6. The van der Waals surface area contributed by atoms with Gasteiger partial charge in [0.25, 0.3) is 0 Å². The van der Waals surface area contributed by atoms with Crippen LogP contribution >= 0.6 is 0 Å². The van der Waals surface area contributed by atoms with Crippen molar-refractivity contribution in [3.8, 4) is 11.3 Å². The number of nitrogens with zero attached hydrogens (tertiary/aromatic N) is 2. The number of ether oxygens (including phenoxy) is 1. The second-order valence-electron chi connectivity index (χ2n) is 7.23. The first-order valence-electron chi connectivity index (χ1n) is 10.0. The molecule has 0 aliphatic carbocycles. The summed E-state index contributed by atoms with van der Waals surface area (Å²) in [5.74, 6) is 0.291. The number of anilines is 2. The molecular weight excluding hydrogens is 394 g/mol. The summed E-state index contributed by atoms with van der Waals surface area (Å²) in [4.78, 5) is 18.6. The molecule has 2 aromatic rings. The Hall–Kier alpha value is -3.49. The summed E-state index contributed by atoms with van der Waals surface area (Å²) in [6, 6.07) is 11.3. The van der Waals surface area contributed by atoms with Gasteiger partial charge < -0.3 is 20.5 Å². The third-order valence-electron chi connectivity index (χ3n) is 4.62. The lowest BCUT2D eigenvalue weighted by Gasteiger charge is -2.26. The Labute approximate surface area is 181 Å². The van der Waals surface area contributed by atoms with E-state index in [0.29, 0.717) is 30.4 Å². The van der Waals surface area contributed by atoms with Crippen molar-refractivity contribution < 1.29 is 14.6 Å². The van der Waals surface area contributed by atoms with Gasteiger partial charge in [-0.25, -0.2) is 4.98 Å². The van der Waals surface area contributed by atoms with Crippen molar-refractivity contribution in [3.63, 3.8) is 0 Å². The largest absolute Gasteiger partial charge is 0.512 e. The van der Waals surface area contributed by atoms with Crippen molar-refractivity contribution in [3.05, 3.63) is 66.5 Å². The van der Waals surface area contributed by atoms with E-state index >= 15 is 0 Å². The zero-order chi connectivity index (χ0) is 22.2. The van der Waals surface area contributed by atoms with E-state index in [-0.39, 0.29) is 17.5 Å². The van der Waals surface area contributed by atoms with E-state index in [2.05, 4.69) is 27.1 Å². The molecule has 1 aliphatic rings. The van der Waals surface area contributed by atoms with Gasteiger partial charge in [-0.1, -0.05) is 18.7 Å². The Bertz CT molecular complexity index is 992. The van der Waals surface area contributed by atoms with Crippen molar-refractivity contribution in [2.75, 3.05) is 36.9 Å². The number of aliphatic hydroxyl groups is 1. The Morgan fingerprint density at radius 3 is 2.77 bits per heavy atom. The molecule has 0 bridgehead atoms. The average Bonchev–Trinajstić information content (AvgIpc) is 2.73. The van der Waals surface area contributed by atoms with Gasteiger partial charge in [0, 0.05) is 37.0 Å². The van der Waals surface area contributed by atoms with Gasteiger partial charge in [-0.2, -0.15) is 0 Å². The molecule has 4 N–H and O–H groups in total. The first-order valence-corrected chi connectivity index (χ1v) is 10.0. The molecule has 1 saturated heterocycles. The SMILES string of the molecule is C=CC(=O)Nc1cccc(-c2cc(CN3CCOCC3)cc(NC(=N)/C=C(/C)O)n2)c1. The van der Waals surface area contributed by atoms with E-state index in [1.165, 1.54) is 19.1 Å². The molecular formula is C23H27N5O3. The number of amides is 1.